The molecule has 0 radical (unpaired) electrons. The van der Waals surface area contributed by atoms with E-state index in [1.807, 2.05) is 27.7 Å². The molecule has 0 saturated carbocycles. The Morgan fingerprint density at radius 2 is 1.71 bits per heavy atom. The van der Waals surface area contributed by atoms with Crippen LogP contribution in [0.1, 0.15) is 39.7 Å². The van der Waals surface area contributed by atoms with Crippen LogP contribution < -0.4 is 9.47 Å². The van der Waals surface area contributed by atoms with Crippen LogP contribution in [-0.4, -0.2) is 53.0 Å². The Bertz CT molecular complexity index is 797. The lowest BCUT2D eigenvalue weighted by atomic mass is 10.1. The number of rotatable bonds is 7. The summed E-state index contributed by atoms with van der Waals surface area (Å²) in [5.74, 6) is 0.0357. The van der Waals surface area contributed by atoms with E-state index in [9.17, 15) is 9.59 Å². The average Bonchev–Trinajstić information content (AvgIpc) is 2.67. The largest absolute Gasteiger partial charge is 0.493 e. The van der Waals surface area contributed by atoms with Crippen LogP contribution >= 0.6 is 23.8 Å². The molecule has 152 valence electrons. The van der Waals surface area contributed by atoms with Gasteiger partial charge in [-0.25, -0.2) is 0 Å². The van der Waals surface area contributed by atoms with Gasteiger partial charge >= 0.3 is 0 Å². The molecule has 2 amide bonds. The first-order valence-electron chi connectivity index (χ1n) is 9.22. The Kier molecular flexibility index (Phi) is 7.43. The second-order valence-corrected chi connectivity index (χ2v) is 7.08. The van der Waals surface area contributed by atoms with Crippen LogP contribution in [0.15, 0.2) is 17.7 Å². The van der Waals surface area contributed by atoms with Crippen molar-refractivity contribution in [2.45, 2.75) is 40.2 Å². The first kappa shape index (κ1) is 22.2. The average molecular weight is 425 g/mol. The lowest BCUT2D eigenvalue weighted by molar-refractivity contribution is -0.133. The van der Waals surface area contributed by atoms with Gasteiger partial charge in [0.2, 0.25) is 0 Å². The molecule has 8 heteroatoms. The molecule has 1 saturated heterocycles. The number of nitrogens with zero attached hydrogens (tertiary/aromatic N) is 2. The predicted molar refractivity (Wildman–Crippen MR) is 114 cm³/mol. The number of thiocarbonyl (C=S) groups is 1. The first-order chi connectivity index (χ1) is 13.3. The molecule has 0 unspecified atom stereocenters. The fourth-order valence-corrected chi connectivity index (χ4v) is 3.46. The van der Waals surface area contributed by atoms with Gasteiger partial charge in [-0.15, -0.1) is 0 Å². The summed E-state index contributed by atoms with van der Waals surface area (Å²) < 4.78 is 11.2. The Hall–Kier alpha value is -2.12. The van der Waals surface area contributed by atoms with E-state index < -0.39 is 11.8 Å². The zero-order chi connectivity index (χ0) is 21.0. The molecule has 1 heterocycles. The maximum atomic E-state index is 12.8. The Balaban J connectivity index is 2.50. The zero-order valence-corrected chi connectivity index (χ0v) is 18.3. The lowest BCUT2D eigenvalue weighted by Crippen LogP contribution is -2.55. The number of halogens is 1. The fraction of sp³-hybridized carbons (Fsp3) is 0.450. The highest BCUT2D eigenvalue weighted by atomic mass is 35.5. The van der Waals surface area contributed by atoms with Crippen LogP contribution in [0.4, 0.5) is 0 Å². The van der Waals surface area contributed by atoms with E-state index in [0.29, 0.717) is 35.2 Å². The summed E-state index contributed by atoms with van der Waals surface area (Å²) in [6.07, 6.45) is 2.29. The van der Waals surface area contributed by atoms with Crippen LogP contribution in [-0.2, 0) is 9.59 Å². The standard InChI is InChI=1S/C20H25ClN2O4S/c1-6-12(4)27-17-15(21)10-13(11-16(17)26-5)9-14-18(24)22(7-2)20(28)23(8-3)19(14)25/h9-12H,6-8H2,1-5H3/t12-/m1/s1. The third kappa shape index (κ3) is 4.31. The van der Waals surface area contributed by atoms with Gasteiger partial charge in [0.05, 0.1) is 18.2 Å². The lowest BCUT2D eigenvalue weighted by Gasteiger charge is -2.35. The molecule has 0 aliphatic carbocycles. The van der Waals surface area contributed by atoms with Gasteiger partial charge in [0.25, 0.3) is 11.8 Å². The van der Waals surface area contributed by atoms with Crippen molar-refractivity contribution in [3.63, 3.8) is 0 Å². The molecule has 1 aliphatic heterocycles. The Morgan fingerprint density at radius 1 is 1.14 bits per heavy atom. The number of benzene rings is 1. The molecule has 0 N–H and O–H groups in total. The second kappa shape index (κ2) is 9.39. The van der Waals surface area contributed by atoms with Gasteiger partial charge in [0.1, 0.15) is 5.57 Å². The minimum Gasteiger partial charge on any atom is -0.493 e. The quantitative estimate of drug-likeness (QED) is 0.377. The molecular formula is C20H25ClN2O4S. The van der Waals surface area contributed by atoms with Crippen molar-refractivity contribution in [2.24, 2.45) is 0 Å². The molecule has 0 spiro atoms. The van der Waals surface area contributed by atoms with E-state index in [2.05, 4.69) is 0 Å². The minimum atomic E-state index is -0.419. The van der Waals surface area contributed by atoms with Crippen molar-refractivity contribution in [2.75, 3.05) is 20.2 Å². The van der Waals surface area contributed by atoms with E-state index in [-0.39, 0.29) is 16.8 Å². The van der Waals surface area contributed by atoms with Gasteiger partial charge in [0, 0.05) is 13.1 Å². The summed E-state index contributed by atoms with van der Waals surface area (Å²) in [6.45, 7) is 8.33. The van der Waals surface area contributed by atoms with Crippen molar-refractivity contribution in [3.05, 3.63) is 28.3 Å². The van der Waals surface area contributed by atoms with Crippen molar-refractivity contribution >= 4 is 46.8 Å². The molecule has 1 aromatic rings. The van der Waals surface area contributed by atoms with E-state index in [0.717, 1.165) is 6.42 Å². The topological polar surface area (TPSA) is 59.1 Å². The highest BCUT2D eigenvalue weighted by molar-refractivity contribution is 7.80. The molecule has 28 heavy (non-hydrogen) atoms. The zero-order valence-electron chi connectivity index (χ0n) is 16.7. The Morgan fingerprint density at radius 3 is 2.18 bits per heavy atom. The van der Waals surface area contributed by atoms with Crippen LogP contribution in [0.2, 0.25) is 5.02 Å². The normalized spacial score (nSPS) is 15.8. The van der Waals surface area contributed by atoms with E-state index in [1.54, 1.807) is 12.1 Å². The van der Waals surface area contributed by atoms with E-state index >= 15 is 0 Å². The molecule has 6 nitrogen and oxygen atoms in total. The summed E-state index contributed by atoms with van der Waals surface area (Å²) in [7, 11) is 1.51. The summed E-state index contributed by atoms with van der Waals surface area (Å²) in [6, 6.07) is 3.34. The van der Waals surface area contributed by atoms with E-state index in [1.165, 1.54) is 23.0 Å². The highest BCUT2D eigenvalue weighted by Crippen LogP contribution is 2.38. The number of carbonyl (C=O) groups excluding carboxylic acids is 2. The Labute approximate surface area is 176 Å². The molecule has 0 bridgehead atoms. The highest BCUT2D eigenvalue weighted by Gasteiger charge is 2.37. The SMILES string of the molecule is CC[C@@H](C)Oc1c(Cl)cc(C=C2C(=O)N(CC)C(=S)N(CC)C2=O)cc1OC. The molecular weight excluding hydrogens is 400 g/mol. The summed E-state index contributed by atoms with van der Waals surface area (Å²) in [5, 5.41) is 0.572. The van der Waals surface area contributed by atoms with Gasteiger partial charge in [-0.05, 0) is 63.2 Å². The van der Waals surface area contributed by atoms with Gasteiger partial charge in [-0.2, -0.15) is 0 Å². The summed E-state index contributed by atoms with van der Waals surface area (Å²) in [5.41, 5.74) is 0.598. The smallest absolute Gasteiger partial charge is 0.265 e. The summed E-state index contributed by atoms with van der Waals surface area (Å²) in [4.78, 5) is 28.4. The summed E-state index contributed by atoms with van der Waals surface area (Å²) >= 11 is 11.7. The molecule has 1 aliphatic rings. The monoisotopic (exact) mass is 424 g/mol. The molecule has 0 aromatic heterocycles. The maximum Gasteiger partial charge on any atom is 0.265 e. The first-order valence-corrected chi connectivity index (χ1v) is 10.0. The van der Waals surface area contributed by atoms with E-state index in [4.69, 9.17) is 33.3 Å². The third-order valence-electron chi connectivity index (χ3n) is 4.50. The molecule has 2 rings (SSSR count). The number of carbonyl (C=O) groups is 2. The fourth-order valence-electron chi connectivity index (χ4n) is 2.77. The predicted octanol–water partition coefficient (Wildman–Crippen LogP) is 3.90. The van der Waals surface area contributed by atoms with Crippen molar-refractivity contribution < 1.29 is 19.1 Å². The minimum absolute atomic E-state index is 0.0330. The molecule has 1 fully saturated rings. The number of ether oxygens (including phenoxy) is 2. The van der Waals surface area contributed by atoms with Crippen molar-refractivity contribution in [1.82, 2.24) is 9.80 Å². The van der Waals surface area contributed by atoms with Crippen LogP contribution in [0.5, 0.6) is 11.5 Å². The van der Waals surface area contributed by atoms with Crippen molar-refractivity contribution in [1.29, 1.82) is 0 Å². The number of hydrogen-bond acceptors (Lipinski definition) is 5. The maximum absolute atomic E-state index is 12.8. The van der Waals surface area contributed by atoms with Gasteiger partial charge in [0.15, 0.2) is 16.6 Å². The number of methoxy groups -OCH3 is 1. The van der Waals surface area contributed by atoms with Gasteiger partial charge in [-0.1, -0.05) is 18.5 Å². The van der Waals surface area contributed by atoms with Crippen LogP contribution in [0, 0.1) is 0 Å². The number of likely N-dealkylation sites (N-methyl/N-ethyl adjacent to an activating group) is 2. The van der Waals surface area contributed by atoms with Crippen LogP contribution in [0.3, 0.4) is 0 Å². The van der Waals surface area contributed by atoms with Gasteiger partial charge < -0.3 is 9.47 Å². The molecule has 1 atom stereocenters. The van der Waals surface area contributed by atoms with Crippen LogP contribution in [0.25, 0.3) is 6.08 Å². The number of amides is 2. The molecule has 1 aromatic carbocycles. The number of hydrogen-bond donors (Lipinski definition) is 0. The van der Waals surface area contributed by atoms with Gasteiger partial charge in [-0.3, -0.25) is 19.4 Å². The second-order valence-electron chi connectivity index (χ2n) is 6.31. The van der Waals surface area contributed by atoms with Crippen molar-refractivity contribution in [3.8, 4) is 11.5 Å². The third-order valence-corrected chi connectivity index (χ3v) is 5.22.